The highest BCUT2D eigenvalue weighted by molar-refractivity contribution is 6.06. The molecule has 2 N–H and O–H groups in total. The summed E-state index contributed by atoms with van der Waals surface area (Å²) in [6, 6.07) is 17.4. The number of para-hydroxylation sites is 1. The molecule has 8 heteroatoms. The van der Waals surface area contributed by atoms with Gasteiger partial charge in [-0.3, -0.25) is 14.9 Å². The van der Waals surface area contributed by atoms with Gasteiger partial charge in [0.05, 0.1) is 11.7 Å². The third-order valence-corrected chi connectivity index (χ3v) is 6.29. The summed E-state index contributed by atoms with van der Waals surface area (Å²) in [5, 5.41) is 11.0. The number of aromatic nitrogens is 3. The SMILES string of the molecule is O=C(NC1=CN=C(N2CCC2)CC1)c1n[nH]c2ccc(-c3cncc(Oc4ccccc4)c3)cc12. The normalized spacial score (nSPS) is 15.3. The number of nitrogens with one attached hydrogen (secondary N) is 2. The summed E-state index contributed by atoms with van der Waals surface area (Å²) >= 11 is 0. The molecule has 0 atom stereocenters. The van der Waals surface area contributed by atoms with Crippen molar-refractivity contribution in [3.8, 4) is 22.6 Å². The summed E-state index contributed by atoms with van der Waals surface area (Å²) in [7, 11) is 0. The number of allylic oxidation sites excluding steroid dienone is 1. The molecule has 35 heavy (non-hydrogen) atoms. The highest BCUT2D eigenvalue weighted by Gasteiger charge is 2.22. The van der Waals surface area contributed by atoms with E-state index in [0.29, 0.717) is 11.4 Å². The van der Waals surface area contributed by atoms with Gasteiger partial charge < -0.3 is 15.0 Å². The molecule has 2 aromatic carbocycles. The van der Waals surface area contributed by atoms with Crippen molar-refractivity contribution in [1.82, 2.24) is 25.4 Å². The van der Waals surface area contributed by atoms with Gasteiger partial charge in [0.25, 0.3) is 5.91 Å². The van der Waals surface area contributed by atoms with Gasteiger partial charge in [0, 0.05) is 48.6 Å². The van der Waals surface area contributed by atoms with E-state index in [9.17, 15) is 4.79 Å². The van der Waals surface area contributed by atoms with E-state index in [-0.39, 0.29) is 5.91 Å². The smallest absolute Gasteiger partial charge is 0.276 e. The van der Waals surface area contributed by atoms with E-state index in [4.69, 9.17) is 4.74 Å². The lowest BCUT2D eigenvalue weighted by molar-refractivity contribution is 0.0961. The molecule has 0 saturated carbocycles. The standard InChI is InChI=1S/C27H24N6O2/c34-27(30-20-8-10-25(29-16-20)33-11-4-12-33)26-23-14-18(7-9-24(23)31-32-26)19-13-22(17-28-15-19)35-21-5-2-1-3-6-21/h1-3,5-7,9,13-17H,4,8,10-12H2,(H,30,34)(H,31,32). The number of rotatable bonds is 5. The minimum absolute atomic E-state index is 0.249. The van der Waals surface area contributed by atoms with E-state index in [1.807, 2.05) is 54.6 Å². The van der Waals surface area contributed by atoms with Crippen LogP contribution < -0.4 is 10.1 Å². The molecule has 0 bridgehead atoms. The van der Waals surface area contributed by atoms with Gasteiger partial charge in [0.2, 0.25) is 0 Å². The molecule has 2 aliphatic rings. The molecule has 6 rings (SSSR count). The van der Waals surface area contributed by atoms with Crippen molar-refractivity contribution in [2.24, 2.45) is 4.99 Å². The number of benzene rings is 2. The van der Waals surface area contributed by atoms with Crippen molar-refractivity contribution in [1.29, 1.82) is 0 Å². The lowest BCUT2D eigenvalue weighted by Gasteiger charge is -2.35. The highest BCUT2D eigenvalue weighted by Crippen LogP contribution is 2.29. The Bertz CT molecular complexity index is 1450. The maximum absolute atomic E-state index is 13.1. The van der Waals surface area contributed by atoms with Gasteiger partial charge in [0.1, 0.15) is 17.3 Å². The molecule has 8 nitrogen and oxygen atoms in total. The fourth-order valence-corrected chi connectivity index (χ4v) is 4.27. The van der Waals surface area contributed by atoms with Crippen LogP contribution in [0.4, 0.5) is 0 Å². The number of pyridine rings is 1. The van der Waals surface area contributed by atoms with Crippen LogP contribution in [-0.4, -0.2) is 44.9 Å². The molecule has 4 heterocycles. The molecule has 174 valence electrons. The number of aromatic amines is 1. The van der Waals surface area contributed by atoms with E-state index in [1.165, 1.54) is 6.42 Å². The number of fused-ring (bicyclic) bond motifs is 1. The monoisotopic (exact) mass is 464 g/mol. The van der Waals surface area contributed by atoms with Crippen LogP contribution >= 0.6 is 0 Å². The second kappa shape index (κ2) is 9.06. The van der Waals surface area contributed by atoms with Crippen molar-refractivity contribution < 1.29 is 9.53 Å². The Balaban J connectivity index is 1.23. The summed E-state index contributed by atoms with van der Waals surface area (Å²) in [5.41, 5.74) is 3.75. The van der Waals surface area contributed by atoms with E-state index < -0.39 is 0 Å². The van der Waals surface area contributed by atoms with Gasteiger partial charge in [0.15, 0.2) is 5.69 Å². The van der Waals surface area contributed by atoms with Crippen LogP contribution in [-0.2, 0) is 0 Å². The highest BCUT2D eigenvalue weighted by atomic mass is 16.5. The molecule has 0 unspecified atom stereocenters. The fraction of sp³-hybridized carbons (Fsp3) is 0.185. The van der Waals surface area contributed by atoms with Crippen molar-refractivity contribution >= 4 is 22.6 Å². The molecule has 1 fully saturated rings. The first-order valence-electron chi connectivity index (χ1n) is 11.7. The first-order valence-corrected chi connectivity index (χ1v) is 11.7. The summed E-state index contributed by atoms with van der Waals surface area (Å²) in [4.78, 5) is 24.2. The molecule has 1 saturated heterocycles. The minimum Gasteiger partial charge on any atom is -0.456 e. The Kier molecular flexibility index (Phi) is 5.46. The number of hydrogen-bond acceptors (Lipinski definition) is 6. The summed E-state index contributed by atoms with van der Waals surface area (Å²) in [6.45, 7) is 2.15. The van der Waals surface area contributed by atoms with Crippen LogP contribution in [0.3, 0.4) is 0 Å². The number of hydrogen-bond donors (Lipinski definition) is 2. The fourth-order valence-electron chi connectivity index (χ4n) is 4.27. The molecule has 0 radical (unpaired) electrons. The number of amidine groups is 1. The zero-order valence-electron chi connectivity index (χ0n) is 19.1. The predicted octanol–water partition coefficient (Wildman–Crippen LogP) is 4.89. The third-order valence-electron chi connectivity index (χ3n) is 6.29. The third kappa shape index (κ3) is 4.38. The molecule has 0 aliphatic carbocycles. The molecule has 4 aromatic rings. The number of ether oxygens (including phenoxy) is 1. The molecule has 0 spiro atoms. The largest absolute Gasteiger partial charge is 0.456 e. The molecule has 2 aromatic heterocycles. The molecular formula is C27H24N6O2. The summed E-state index contributed by atoms with van der Waals surface area (Å²) in [6.07, 6.45) is 8.04. The van der Waals surface area contributed by atoms with Crippen LogP contribution in [0.25, 0.3) is 22.0 Å². The van der Waals surface area contributed by atoms with E-state index >= 15 is 0 Å². The second-order valence-corrected chi connectivity index (χ2v) is 8.65. The summed E-state index contributed by atoms with van der Waals surface area (Å²) < 4.78 is 5.93. The van der Waals surface area contributed by atoms with Crippen LogP contribution in [0.1, 0.15) is 29.8 Å². The van der Waals surface area contributed by atoms with Crippen LogP contribution in [0.15, 0.2) is 83.9 Å². The first kappa shape index (κ1) is 21.1. The number of carbonyl (C=O) groups excluding carboxylic acids is 1. The Morgan fingerprint density at radius 2 is 1.86 bits per heavy atom. The Hall–Kier alpha value is -4.46. The van der Waals surface area contributed by atoms with E-state index in [2.05, 4.69) is 30.4 Å². The van der Waals surface area contributed by atoms with Crippen molar-refractivity contribution in [2.75, 3.05) is 13.1 Å². The minimum atomic E-state index is -0.249. The second-order valence-electron chi connectivity index (χ2n) is 8.65. The zero-order valence-corrected chi connectivity index (χ0v) is 19.1. The van der Waals surface area contributed by atoms with Gasteiger partial charge in [-0.2, -0.15) is 5.10 Å². The topological polar surface area (TPSA) is 95.5 Å². The van der Waals surface area contributed by atoms with Crippen LogP contribution in [0.5, 0.6) is 11.5 Å². The zero-order chi connectivity index (χ0) is 23.6. The Labute approximate surface area is 202 Å². The van der Waals surface area contributed by atoms with Gasteiger partial charge in [-0.1, -0.05) is 24.3 Å². The Morgan fingerprint density at radius 3 is 2.63 bits per heavy atom. The van der Waals surface area contributed by atoms with Crippen LogP contribution in [0, 0.1) is 0 Å². The summed E-state index contributed by atoms with van der Waals surface area (Å²) in [5.74, 6) is 2.24. The number of aliphatic imine (C=N–C) groups is 1. The van der Waals surface area contributed by atoms with Crippen LogP contribution in [0.2, 0.25) is 0 Å². The number of nitrogens with zero attached hydrogens (tertiary/aromatic N) is 4. The van der Waals surface area contributed by atoms with Gasteiger partial charge in [-0.15, -0.1) is 0 Å². The maximum Gasteiger partial charge on any atom is 0.276 e. The molecular weight excluding hydrogens is 440 g/mol. The lowest BCUT2D eigenvalue weighted by atomic mass is 10.0. The van der Waals surface area contributed by atoms with Crippen molar-refractivity contribution in [3.63, 3.8) is 0 Å². The first-order chi connectivity index (χ1) is 17.2. The van der Waals surface area contributed by atoms with E-state index in [1.54, 1.807) is 18.6 Å². The van der Waals surface area contributed by atoms with Gasteiger partial charge >= 0.3 is 0 Å². The Morgan fingerprint density at radius 1 is 0.971 bits per heavy atom. The number of carbonyl (C=O) groups is 1. The quantitative estimate of drug-likeness (QED) is 0.439. The number of likely N-dealkylation sites (tertiary alicyclic amines) is 1. The lowest BCUT2D eigenvalue weighted by Crippen LogP contribution is -2.42. The number of amides is 1. The van der Waals surface area contributed by atoms with Gasteiger partial charge in [-0.25, -0.2) is 4.99 Å². The number of H-pyrrole nitrogens is 1. The van der Waals surface area contributed by atoms with Crippen molar-refractivity contribution in [2.45, 2.75) is 19.3 Å². The maximum atomic E-state index is 13.1. The van der Waals surface area contributed by atoms with Crippen molar-refractivity contribution in [3.05, 3.63) is 84.6 Å². The molecule has 2 aliphatic heterocycles. The predicted molar refractivity (Wildman–Crippen MR) is 134 cm³/mol. The average Bonchev–Trinajstić information content (AvgIpc) is 3.28. The average molecular weight is 465 g/mol. The van der Waals surface area contributed by atoms with E-state index in [0.717, 1.165) is 65.2 Å². The molecule has 1 amide bonds. The van der Waals surface area contributed by atoms with Gasteiger partial charge in [-0.05, 0) is 48.7 Å².